The van der Waals surface area contributed by atoms with Crippen molar-refractivity contribution in [3.05, 3.63) is 23.9 Å². The molecule has 0 radical (unpaired) electrons. The Balaban J connectivity index is 0.900. The van der Waals surface area contributed by atoms with Crippen molar-refractivity contribution in [3.8, 4) is 0 Å². The van der Waals surface area contributed by atoms with E-state index in [4.69, 9.17) is 4.42 Å². The second-order valence-corrected chi connectivity index (χ2v) is 10.7. The second-order valence-electron chi connectivity index (χ2n) is 10.7. The first-order valence-corrected chi connectivity index (χ1v) is 11.6. The molecule has 5 aliphatic rings. The van der Waals surface area contributed by atoms with E-state index >= 15 is 0 Å². The molecule has 9 nitrogen and oxygen atoms in total. The summed E-state index contributed by atoms with van der Waals surface area (Å²) in [5.74, 6) is 1.18. The van der Waals surface area contributed by atoms with E-state index in [2.05, 4.69) is 20.3 Å². The third-order valence-electron chi connectivity index (χ3n) is 8.15. The summed E-state index contributed by atoms with van der Waals surface area (Å²) >= 11 is 0. The minimum atomic E-state index is -4.38. The Labute approximate surface area is 187 Å². The highest BCUT2D eigenvalue weighted by atomic mass is 19.4. The van der Waals surface area contributed by atoms with Gasteiger partial charge in [-0.25, -0.2) is 14.5 Å². The number of hydrogen-bond donors (Lipinski definition) is 0. The van der Waals surface area contributed by atoms with Crippen LogP contribution in [0.4, 0.5) is 18.0 Å². The summed E-state index contributed by atoms with van der Waals surface area (Å²) in [6.45, 7) is 2.28. The number of carbonyl (C=O) groups is 1. The molecule has 2 aromatic rings. The molecule has 3 saturated carbocycles. The highest BCUT2D eigenvalue weighted by molar-refractivity contribution is 5.76. The van der Waals surface area contributed by atoms with Gasteiger partial charge in [-0.2, -0.15) is 18.3 Å². The lowest BCUT2D eigenvalue weighted by atomic mass is 9.61. The monoisotopic (exact) mass is 463 g/mol. The van der Waals surface area contributed by atoms with Crippen LogP contribution in [0.5, 0.6) is 0 Å². The molecule has 0 atom stereocenters. The van der Waals surface area contributed by atoms with Crippen LogP contribution in [0.15, 0.2) is 10.7 Å². The third kappa shape index (κ3) is 2.94. The van der Waals surface area contributed by atoms with Crippen LogP contribution in [0.3, 0.4) is 0 Å². The number of urea groups is 1. The van der Waals surface area contributed by atoms with E-state index in [9.17, 15) is 18.0 Å². The Bertz CT molecular complexity index is 1100. The normalized spacial score (nSPS) is 26.2. The van der Waals surface area contributed by atoms with Gasteiger partial charge in [-0.1, -0.05) is 0 Å². The van der Waals surface area contributed by atoms with Crippen molar-refractivity contribution in [2.24, 2.45) is 5.41 Å². The summed E-state index contributed by atoms with van der Waals surface area (Å²) in [6.07, 6.45) is 1.85. The average Bonchev–Trinajstić information content (AvgIpc) is 3.58. The van der Waals surface area contributed by atoms with Gasteiger partial charge < -0.3 is 14.2 Å². The topological polar surface area (TPSA) is 93.2 Å². The average molecular weight is 463 g/mol. The fraction of sp³-hybridized carbons (Fsp3) is 0.762. The molecule has 7 rings (SSSR count). The van der Waals surface area contributed by atoms with Crippen LogP contribution >= 0.6 is 0 Å². The van der Waals surface area contributed by atoms with Gasteiger partial charge >= 0.3 is 12.2 Å². The van der Waals surface area contributed by atoms with Crippen LogP contribution in [0, 0.1) is 5.41 Å². The van der Waals surface area contributed by atoms with Crippen molar-refractivity contribution in [3.63, 3.8) is 0 Å². The van der Waals surface area contributed by atoms with Crippen molar-refractivity contribution < 1.29 is 22.4 Å². The van der Waals surface area contributed by atoms with Gasteiger partial charge in [0.05, 0.1) is 12.0 Å². The van der Waals surface area contributed by atoms with E-state index in [1.807, 2.05) is 15.9 Å². The molecule has 2 amide bonds. The van der Waals surface area contributed by atoms with Gasteiger partial charge in [0.2, 0.25) is 11.8 Å². The maximum Gasteiger partial charge on any atom is 0.403 e. The lowest BCUT2D eigenvalue weighted by molar-refractivity contribution is -0.165. The molecule has 0 aromatic carbocycles. The summed E-state index contributed by atoms with van der Waals surface area (Å²) in [7, 11) is 0. The van der Waals surface area contributed by atoms with Crippen LogP contribution in [-0.2, 0) is 5.41 Å². The quantitative estimate of drug-likeness (QED) is 0.692. The van der Waals surface area contributed by atoms with Gasteiger partial charge in [0.15, 0.2) is 5.82 Å². The van der Waals surface area contributed by atoms with Crippen LogP contribution < -0.4 is 0 Å². The number of amides is 2. The Morgan fingerprint density at radius 1 is 1.06 bits per heavy atom. The number of rotatable bonds is 4. The van der Waals surface area contributed by atoms with E-state index in [1.165, 1.54) is 12.8 Å². The number of alkyl halides is 3. The number of halogens is 3. The first-order chi connectivity index (χ1) is 15.8. The third-order valence-corrected chi connectivity index (χ3v) is 8.15. The molecule has 3 aliphatic carbocycles. The van der Waals surface area contributed by atoms with E-state index in [0.717, 1.165) is 31.8 Å². The molecule has 2 saturated heterocycles. The summed E-state index contributed by atoms with van der Waals surface area (Å²) < 4.78 is 47.1. The van der Waals surface area contributed by atoms with Crippen molar-refractivity contribution >= 4 is 6.03 Å². The molecular formula is C21H24F3N7O2. The van der Waals surface area contributed by atoms with Crippen LogP contribution in [-0.4, -0.2) is 73.1 Å². The Hall–Kier alpha value is -2.66. The Morgan fingerprint density at radius 2 is 1.79 bits per heavy atom. The molecule has 2 aromatic heterocycles. The molecule has 0 unspecified atom stereocenters. The predicted molar refractivity (Wildman–Crippen MR) is 105 cm³/mol. The van der Waals surface area contributed by atoms with Gasteiger partial charge in [-0.3, -0.25) is 0 Å². The van der Waals surface area contributed by atoms with E-state index in [-0.39, 0.29) is 42.0 Å². The van der Waals surface area contributed by atoms with Gasteiger partial charge in [-0.15, -0.1) is 10.2 Å². The summed E-state index contributed by atoms with van der Waals surface area (Å²) in [4.78, 5) is 20.7. The predicted octanol–water partition coefficient (Wildman–Crippen LogP) is 2.99. The van der Waals surface area contributed by atoms with E-state index in [0.29, 0.717) is 25.0 Å². The molecule has 0 bridgehead atoms. The van der Waals surface area contributed by atoms with Gasteiger partial charge in [0, 0.05) is 37.5 Å². The van der Waals surface area contributed by atoms with Gasteiger partial charge in [0.25, 0.3) is 0 Å². The molecule has 12 heteroatoms. The van der Waals surface area contributed by atoms with Crippen molar-refractivity contribution in [2.75, 3.05) is 26.2 Å². The molecule has 176 valence electrons. The van der Waals surface area contributed by atoms with Crippen LogP contribution in [0.1, 0.15) is 74.0 Å². The maximum atomic E-state index is 13.2. The lowest BCUT2D eigenvalue weighted by Crippen LogP contribution is -2.67. The van der Waals surface area contributed by atoms with Gasteiger partial charge in [-0.05, 0) is 38.5 Å². The van der Waals surface area contributed by atoms with Crippen molar-refractivity contribution in [1.82, 2.24) is 34.8 Å². The summed E-state index contributed by atoms with van der Waals surface area (Å²) in [5.41, 5.74) is -1.77. The standard InChI is InChI=1S/C21H24F3N7O2/c22-21(23,24)20(3-4-20)17-27-26-16(33-17)13-7-29(8-13)18(32)30-9-19(10-30)5-14(6-19)31-11-25-15(28-31)12-1-2-12/h11-14H,1-10H2. The highest BCUT2D eigenvalue weighted by Gasteiger charge is 2.68. The smallest absolute Gasteiger partial charge is 0.403 e. The first kappa shape index (κ1) is 19.8. The molecule has 5 fully saturated rings. The summed E-state index contributed by atoms with van der Waals surface area (Å²) in [6, 6.07) is 0.347. The maximum absolute atomic E-state index is 13.2. The lowest BCUT2D eigenvalue weighted by Gasteiger charge is -2.59. The number of hydrogen-bond acceptors (Lipinski definition) is 6. The SMILES string of the molecule is O=C(N1CC(c2nnc(C3(C(F)(F)F)CC3)o2)C1)N1CC2(CC(n3cnc(C4CC4)n3)C2)C1. The highest BCUT2D eigenvalue weighted by Crippen LogP contribution is 2.58. The fourth-order valence-electron chi connectivity index (χ4n) is 5.60. The molecule has 1 spiro atoms. The van der Waals surface area contributed by atoms with E-state index < -0.39 is 11.6 Å². The zero-order valence-electron chi connectivity index (χ0n) is 18.0. The zero-order chi connectivity index (χ0) is 22.6. The molecule has 0 N–H and O–H groups in total. The largest absolute Gasteiger partial charge is 0.424 e. The zero-order valence-corrected chi connectivity index (χ0v) is 18.0. The Morgan fingerprint density at radius 3 is 2.42 bits per heavy atom. The number of carbonyl (C=O) groups excluding carboxylic acids is 1. The van der Waals surface area contributed by atoms with Crippen molar-refractivity contribution in [1.29, 1.82) is 0 Å². The first-order valence-electron chi connectivity index (χ1n) is 11.6. The van der Waals surface area contributed by atoms with Crippen LogP contribution in [0.2, 0.25) is 0 Å². The van der Waals surface area contributed by atoms with Gasteiger partial charge in [0.1, 0.15) is 11.7 Å². The molecule has 33 heavy (non-hydrogen) atoms. The molecule has 2 aliphatic heterocycles. The fourth-order valence-corrected chi connectivity index (χ4v) is 5.60. The molecule has 4 heterocycles. The van der Waals surface area contributed by atoms with Crippen molar-refractivity contribution in [2.45, 2.75) is 68.0 Å². The summed E-state index contributed by atoms with van der Waals surface area (Å²) in [5, 5.41) is 12.2. The molecular weight excluding hydrogens is 439 g/mol. The second kappa shape index (κ2) is 6.26. The van der Waals surface area contributed by atoms with E-state index in [1.54, 1.807) is 4.90 Å². The number of nitrogens with zero attached hydrogens (tertiary/aromatic N) is 7. The minimum Gasteiger partial charge on any atom is -0.424 e. The minimum absolute atomic E-state index is 0.0103. The Kier molecular flexibility index (Phi) is 3.75. The van der Waals surface area contributed by atoms with Crippen LogP contribution in [0.25, 0.3) is 0 Å². The number of likely N-dealkylation sites (tertiary alicyclic amines) is 2. The number of aromatic nitrogens is 5.